The van der Waals surface area contributed by atoms with Gasteiger partial charge in [0.15, 0.2) is 12.1 Å². The zero-order valence-electron chi connectivity index (χ0n) is 34.8. The highest BCUT2D eigenvalue weighted by Crippen LogP contribution is 2.11. The van der Waals surface area contributed by atoms with Gasteiger partial charge in [-0.25, -0.2) is 4.79 Å². The smallest absolute Gasteiger partial charge is 0.362 e. The predicted octanol–water partition coefficient (Wildman–Crippen LogP) is 10.6. The lowest BCUT2D eigenvalue weighted by Crippen LogP contribution is -2.50. The van der Waals surface area contributed by atoms with Crippen molar-refractivity contribution < 1.29 is 38.2 Å². The van der Waals surface area contributed by atoms with Crippen LogP contribution in [0, 0.1) is 0 Å². The Morgan fingerprint density at radius 2 is 0.964 bits per heavy atom. The molecule has 8 heteroatoms. The topological polar surface area (TPSA) is 99.1 Å². The molecule has 2 unspecified atom stereocenters. The van der Waals surface area contributed by atoms with Crippen molar-refractivity contribution in [2.24, 2.45) is 0 Å². The van der Waals surface area contributed by atoms with E-state index in [1.165, 1.54) is 0 Å². The maximum Gasteiger partial charge on any atom is 0.362 e. The van der Waals surface area contributed by atoms with E-state index in [9.17, 15) is 19.5 Å². The van der Waals surface area contributed by atoms with Crippen LogP contribution >= 0.6 is 0 Å². The van der Waals surface area contributed by atoms with Crippen molar-refractivity contribution in [2.75, 3.05) is 41.0 Å². The second-order valence-corrected chi connectivity index (χ2v) is 13.7. The molecular weight excluding hydrogens is 703 g/mol. The van der Waals surface area contributed by atoms with E-state index >= 15 is 0 Å². The van der Waals surface area contributed by atoms with Crippen LogP contribution in [0.2, 0.25) is 0 Å². The van der Waals surface area contributed by atoms with Crippen LogP contribution in [-0.4, -0.2) is 80.6 Å². The van der Waals surface area contributed by atoms with Gasteiger partial charge in [-0.2, -0.15) is 0 Å². The van der Waals surface area contributed by atoms with Gasteiger partial charge in [0, 0.05) is 19.3 Å². The summed E-state index contributed by atoms with van der Waals surface area (Å²) in [4.78, 5) is 36.8. The number of quaternary nitrogens is 1. The molecule has 0 aromatic heterocycles. The van der Waals surface area contributed by atoms with E-state index in [-0.39, 0.29) is 55.5 Å². The van der Waals surface area contributed by atoms with Crippen molar-refractivity contribution in [1.29, 1.82) is 0 Å². The maximum absolute atomic E-state index is 12.7. The molecular formula is C48H70NO7+. The molecule has 0 saturated carbocycles. The van der Waals surface area contributed by atoms with Gasteiger partial charge < -0.3 is 23.8 Å². The lowest BCUT2D eigenvalue weighted by molar-refractivity contribution is -0.887. The summed E-state index contributed by atoms with van der Waals surface area (Å²) in [5, 5.41) is 9.60. The maximum atomic E-state index is 12.7. The molecule has 8 nitrogen and oxygen atoms in total. The van der Waals surface area contributed by atoms with Crippen molar-refractivity contribution in [3.05, 3.63) is 146 Å². The first-order valence-corrected chi connectivity index (χ1v) is 20.0. The van der Waals surface area contributed by atoms with Crippen LogP contribution < -0.4 is 0 Å². The third-order valence-electron chi connectivity index (χ3n) is 7.81. The molecule has 0 aliphatic rings. The van der Waals surface area contributed by atoms with E-state index < -0.39 is 18.1 Å². The first-order valence-electron chi connectivity index (χ1n) is 20.0. The SMILES string of the molecule is CC/C=C/C=C/C=C/C=C/C=C/C=C/C=C/CCCCCC(=O)OC(COCCC(C(=O)O)[N+](C)(C)C)COC(=O)CCC/C=C/C=C/C=C/C=C/C=C/CC. The Hall–Kier alpha value is -4.79. The van der Waals surface area contributed by atoms with Crippen LogP contribution in [0.5, 0.6) is 0 Å². The summed E-state index contributed by atoms with van der Waals surface area (Å²) in [5.74, 6) is -1.65. The van der Waals surface area contributed by atoms with Gasteiger partial charge in [0.1, 0.15) is 6.61 Å². The fourth-order valence-electron chi connectivity index (χ4n) is 4.75. The Bertz CT molecular complexity index is 1410. The monoisotopic (exact) mass is 773 g/mol. The molecule has 0 aliphatic carbocycles. The number of carbonyl (C=O) groups is 3. The zero-order chi connectivity index (χ0) is 41.4. The molecule has 308 valence electrons. The fraction of sp³-hybridized carbons (Fsp3) is 0.438. The molecule has 0 bridgehead atoms. The summed E-state index contributed by atoms with van der Waals surface area (Å²) < 4.78 is 17.1. The number of likely N-dealkylation sites (N-methyl/N-ethyl adjacent to an activating group) is 1. The number of carboxylic acid groups (broad SMARTS) is 1. The third kappa shape index (κ3) is 34.9. The molecule has 0 radical (unpaired) electrons. The van der Waals surface area contributed by atoms with Gasteiger partial charge in [-0.15, -0.1) is 0 Å². The fourth-order valence-corrected chi connectivity index (χ4v) is 4.75. The summed E-state index contributed by atoms with van der Waals surface area (Å²) in [6.45, 7) is 4.26. The molecule has 0 amide bonds. The van der Waals surface area contributed by atoms with Crippen LogP contribution in [0.3, 0.4) is 0 Å². The highest BCUT2D eigenvalue weighted by molar-refractivity contribution is 5.72. The molecule has 0 aromatic carbocycles. The molecule has 0 aromatic rings. The highest BCUT2D eigenvalue weighted by atomic mass is 16.6. The molecule has 0 aliphatic heterocycles. The van der Waals surface area contributed by atoms with Gasteiger partial charge in [-0.3, -0.25) is 9.59 Å². The Labute approximate surface area is 338 Å². The van der Waals surface area contributed by atoms with Gasteiger partial charge in [-0.05, 0) is 44.9 Å². The predicted molar refractivity (Wildman–Crippen MR) is 233 cm³/mol. The average molecular weight is 773 g/mol. The van der Waals surface area contributed by atoms with Crippen molar-refractivity contribution in [1.82, 2.24) is 0 Å². The molecule has 0 heterocycles. The van der Waals surface area contributed by atoms with Crippen LogP contribution in [-0.2, 0) is 28.6 Å². The lowest BCUT2D eigenvalue weighted by atomic mass is 10.1. The standard InChI is InChI=1S/C48H69NO7/c1-6-8-10-12-14-16-18-20-21-22-23-24-25-27-29-31-33-35-37-39-47(51)56-44(42-54-41-40-45(48(52)53)49(3,4)5)43-55-46(50)38-36-34-32-30-28-26-19-17-15-13-11-9-7-2/h8-30,32,44-45H,6-7,31,33-43H2,1-5H3/p+1/b10-8+,11-9+,14-12+,15-13+,18-16+,19-17+,21-20+,23-22+,25-24+,28-26+,29-27+,32-30+. The molecule has 0 saturated heterocycles. The second-order valence-electron chi connectivity index (χ2n) is 13.7. The van der Waals surface area contributed by atoms with Crippen molar-refractivity contribution in [2.45, 2.75) is 96.6 Å². The molecule has 1 N–H and O–H groups in total. The van der Waals surface area contributed by atoms with E-state index in [2.05, 4.69) is 32.1 Å². The van der Waals surface area contributed by atoms with E-state index in [4.69, 9.17) is 14.2 Å². The zero-order valence-corrected chi connectivity index (χ0v) is 34.8. The molecule has 56 heavy (non-hydrogen) atoms. The number of hydrogen-bond acceptors (Lipinski definition) is 6. The summed E-state index contributed by atoms with van der Waals surface area (Å²) in [7, 11) is 5.46. The number of unbranched alkanes of at least 4 members (excludes halogenated alkanes) is 4. The minimum atomic E-state index is -0.902. The Kier molecular flexibility index (Phi) is 34.0. The summed E-state index contributed by atoms with van der Waals surface area (Å²) in [6, 6.07) is -0.644. The molecule has 2 atom stereocenters. The highest BCUT2D eigenvalue weighted by Gasteiger charge is 2.31. The van der Waals surface area contributed by atoms with Crippen molar-refractivity contribution in [3.8, 4) is 0 Å². The second kappa shape index (κ2) is 37.1. The van der Waals surface area contributed by atoms with E-state index in [1.807, 2.05) is 149 Å². The van der Waals surface area contributed by atoms with Crippen LogP contribution in [0.1, 0.15) is 84.5 Å². The van der Waals surface area contributed by atoms with Gasteiger partial charge in [-0.1, -0.05) is 166 Å². The van der Waals surface area contributed by atoms with Gasteiger partial charge in [0.05, 0.1) is 34.4 Å². The van der Waals surface area contributed by atoms with E-state index in [0.29, 0.717) is 12.8 Å². The first kappa shape index (κ1) is 51.2. The number of esters is 2. The molecule has 0 spiro atoms. The van der Waals surface area contributed by atoms with Gasteiger partial charge in [0.2, 0.25) is 0 Å². The van der Waals surface area contributed by atoms with Crippen LogP contribution in [0.15, 0.2) is 146 Å². The number of nitrogens with zero attached hydrogens (tertiary/aromatic N) is 1. The first-order chi connectivity index (χ1) is 27.1. The van der Waals surface area contributed by atoms with Crippen LogP contribution in [0.25, 0.3) is 0 Å². The molecule has 0 rings (SSSR count). The average Bonchev–Trinajstić information content (AvgIpc) is 3.15. The van der Waals surface area contributed by atoms with Gasteiger partial charge >= 0.3 is 17.9 Å². The van der Waals surface area contributed by atoms with Gasteiger partial charge in [0.25, 0.3) is 0 Å². The number of aliphatic carboxylic acids is 1. The number of carbonyl (C=O) groups excluding carboxylic acids is 2. The lowest BCUT2D eigenvalue weighted by Gasteiger charge is -2.31. The number of carboxylic acids is 1. The number of rotatable bonds is 32. The minimum absolute atomic E-state index is 0.00683. The summed E-state index contributed by atoms with van der Waals surface area (Å²) >= 11 is 0. The number of allylic oxidation sites excluding steroid dienone is 24. The summed E-state index contributed by atoms with van der Waals surface area (Å²) in [6.07, 6.45) is 54.7. The number of hydrogen-bond donors (Lipinski definition) is 1. The minimum Gasteiger partial charge on any atom is -0.477 e. The third-order valence-corrected chi connectivity index (χ3v) is 7.81. The summed E-state index contributed by atoms with van der Waals surface area (Å²) in [5.41, 5.74) is 0. The van der Waals surface area contributed by atoms with Crippen molar-refractivity contribution in [3.63, 3.8) is 0 Å². The van der Waals surface area contributed by atoms with Crippen molar-refractivity contribution >= 4 is 17.9 Å². The van der Waals surface area contributed by atoms with E-state index in [1.54, 1.807) is 0 Å². The Balaban J connectivity index is 4.66. The largest absolute Gasteiger partial charge is 0.477 e. The van der Waals surface area contributed by atoms with Crippen LogP contribution in [0.4, 0.5) is 0 Å². The quantitative estimate of drug-likeness (QED) is 0.0315. The normalized spacial score (nSPS) is 14.5. The number of ether oxygens (including phenoxy) is 3. The Morgan fingerprint density at radius 3 is 1.41 bits per heavy atom. The Morgan fingerprint density at radius 1 is 0.536 bits per heavy atom. The molecule has 0 fully saturated rings. The van der Waals surface area contributed by atoms with E-state index in [0.717, 1.165) is 38.5 Å².